The van der Waals surface area contributed by atoms with Crippen molar-refractivity contribution in [3.63, 3.8) is 0 Å². The van der Waals surface area contributed by atoms with E-state index in [1.807, 2.05) is 42.7 Å². The number of halogens is 1. The van der Waals surface area contributed by atoms with Crippen LogP contribution in [0.25, 0.3) is 0 Å². The highest BCUT2D eigenvalue weighted by molar-refractivity contribution is 9.11. The molecule has 0 heterocycles. The van der Waals surface area contributed by atoms with Gasteiger partial charge >= 0.3 is 0 Å². The average molecular weight is 287 g/mol. The standard InChI is InChI=1S/C12H15BrOS/c1-3-12(2,14)11(13)9-15-10-7-5-4-6-8-10/h4-9,14H,3H2,1-2H3/b11-9-. The second kappa shape index (κ2) is 5.73. The van der Waals surface area contributed by atoms with Gasteiger partial charge in [-0.2, -0.15) is 0 Å². The smallest absolute Gasteiger partial charge is 0.0935 e. The zero-order chi connectivity index (χ0) is 11.3. The first-order valence-corrected chi connectivity index (χ1v) is 6.54. The molecule has 3 heteroatoms. The Hall–Kier alpha value is -0.250. The third-order valence-corrected chi connectivity index (χ3v) is 4.53. The molecular formula is C12H15BrOS. The lowest BCUT2D eigenvalue weighted by Crippen LogP contribution is -2.22. The summed E-state index contributed by atoms with van der Waals surface area (Å²) in [5.74, 6) is 0. The molecule has 0 spiro atoms. The predicted octanol–water partition coefficient (Wildman–Crippen LogP) is 4.18. The van der Waals surface area contributed by atoms with Crippen molar-refractivity contribution in [1.82, 2.24) is 0 Å². The molecule has 0 amide bonds. The fourth-order valence-corrected chi connectivity index (χ4v) is 2.28. The van der Waals surface area contributed by atoms with Gasteiger partial charge in [-0.15, -0.1) is 0 Å². The first kappa shape index (κ1) is 12.8. The molecule has 0 saturated heterocycles. The van der Waals surface area contributed by atoms with Crippen LogP contribution >= 0.6 is 27.7 Å². The lowest BCUT2D eigenvalue weighted by molar-refractivity contribution is 0.105. The van der Waals surface area contributed by atoms with Crippen LogP contribution in [0.1, 0.15) is 20.3 Å². The molecule has 1 atom stereocenters. The van der Waals surface area contributed by atoms with Crippen LogP contribution in [0.5, 0.6) is 0 Å². The van der Waals surface area contributed by atoms with Gasteiger partial charge in [0.2, 0.25) is 0 Å². The average Bonchev–Trinajstić information content (AvgIpc) is 2.27. The van der Waals surface area contributed by atoms with E-state index in [1.165, 1.54) is 4.90 Å². The van der Waals surface area contributed by atoms with Crippen LogP contribution in [0.4, 0.5) is 0 Å². The maximum absolute atomic E-state index is 9.94. The van der Waals surface area contributed by atoms with Crippen LogP contribution < -0.4 is 0 Å². The Balaban J connectivity index is 2.66. The van der Waals surface area contributed by atoms with E-state index in [9.17, 15) is 5.11 Å². The fourth-order valence-electron chi connectivity index (χ4n) is 0.915. The molecule has 0 saturated carbocycles. The number of rotatable bonds is 4. The number of benzene rings is 1. The lowest BCUT2D eigenvalue weighted by atomic mass is 10.1. The highest BCUT2D eigenvalue weighted by Gasteiger charge is 2.20. The van der Waals surface area contributed by atoms with Gasteiger partial charge in [-0.1, -0.05) is 52.8 Å². The lowest BCUT2D eigenvalue weighted by Gasteiger charge is -2.20. The van der Waals surface area contributed by atoms with Crippen molar-refractivity contribution in [2.75, 3.05) is 0 Å². The minimum Gasteiger partial charge on any atom is -0.385 e. The summed E-state index contributed by atoms with van der Waals surface area (Å²) in [6, 6.07) is 10.1. The highest BCUT2D eigenvalue weighted by atomic mass is 79.9. The topological polar surface area (TPSA) is 20.2 Å². The van der Waals surface area contributed by atoms with Crippen LogP contribution in [0, 0.1) is 0 Å². The molecule has 0 aliphatic carbocycles. The van der Waals surface area contributed by atoms with Gasteiger partial charge in [0.05, 0.1) is 5.60 Å². The Labute approximate surface area is 104 Å². The Bertz CT molecular complexity index is 333. The summed E-state index contributed by atoms with van der Waals surface area (Å²) in [6.07, 6.45) is 0.694. The molecule has 0 bridgehead atoms. The van der Waals surface area contributed by atoms with E-state index in [1.54, 1.807) is 18.7 Å². The predicted molar refractivity (Wildman–Crippen MR) is 70.2 cm³/mol. The molecular weight excluding hydrogens is 272 g/mol. The number of aliphatic hydroxyl groups is 1. The van der Waals surface area contributed by atoms with Gasteiger partial charge in [0.25, 0.3) is 0 Å². The third kappa shape index (κ3) is 4.01. The van der Waals surface area contributed by atoms with Gasteiger partial charge in [-0.05, 0) is 30.9 Å². The number of hydrogen-bond acceptors (Lipinski definition) is 2. The molecule has 0 aliphatic rings. The summed E-state index contributed by atoms with van der Waals surface area (Å²) < 4.78 is 0.825. The molecule has 1 nitrogen and oxygen atoms in total. The van der Waals surface area contributed by atoms with Crippen molar-refractivity contribution in [3.8, 4) is 0 Å². The van der Waals surface area contributed by atoms with Crippen molar-refractivity contribution in [1.29, 1.82) is 0 Å². The van der Waals surface area contributed by atoms with E-state index in [0.717, 1.165) is 4.48 Å². The van der Waals surface area contributed by atoms with Crippen molar-refractivity contribution < 1.29 is 5.11 Å². The molecule has 0 radical (unpaired) electrons. The Morgan fingerprint density at radius 2 is 2.07 bits per heavy atom. The zero-order valence-corrected chi connectivity index (χ0v) is 11.3. The first-order valence-electron chi connectivity index (χ1n) is 4.86. The van der Waals surface area contributed by atoms with Crippen molar-refractivity contribution in [2.24, 2.45) is 0 Å². The SMILES string of the molecule is CCC(C)(O)/C(Br)=C/Sc1ccccc1. The van der Waals surface area contributed by atoms with Crippen LogP contribution in [0.3, 0.4) is 0 Å². The second-order valence-corrected chi connectivity index (χ2v) is 5.32. The maximum atomic E-state index is 9.94. The summed E-state index contributed by atoms with van der Waals surface area (Å²) in [5.41, 5.74) is -0.762. The van der Waals surface area contributed by atoms with E-state index in [2.05, 4.69) is 15.9 Å². The first-order chi connectivity index (χ1) is 7.06. The van der Waals surface area contributed by atoms with E-state index < -0.39 is 5.60 Å². The summed E-state index contributed by atoms with van der Waals surface area (Å²) in [4.78, 5) is 1.17. The Morgan fingerprint density at radius 1 is 1.47 bits per heavy atom. The second-order valence-electron chi connectivity index (χ2n) is 3.52. The zero-order valence-electron chi connectivity index (χ0n) is 8.90. The third-order valence-electron chi connectivity index (χ3n) is 2.24. The molecule has 0 aromatic heterocycles. The largest absolute Gasteiger partial charge is 0.385 e. The van der Waals surface area contributed by atoms with Gasteiger partial charge in [0.1, 0.15) is 0 Å². The van der Waals surface area contributed by atoms with E-state index in [4.69, 9.17) is 0 Å². The molecule has 1 N–H and O–H groups in total. The Morgan fingerprint density at radius 3 is 2.60 bits per heavy atom. The van der Waals surface area contributed by atoms with Crippen LogP contribution in [0.15, 0.2) is 45.1 Å². The van der Waals surface area contributed by atoms with Crippen LogP contribution in [-0.2, 0) is 0 Å². The quantitative estimate of drug-likeness (QED) is 0.838. The molecule has 1 aromatic carbocycles. The van der Waals surface area contributed by atoms with Crippen LogP contribution in [-0.4, -0.2) is 10.7 Å². The summed E-state index contributed by atoms with van der Waals surface area (Å²) in [6.45, 7) is 3.77. The van der Waals surface area contributed by atoms with Gasteiger partial charge in [-0.3, -0.25) is 0 Å². The summed E-state index contributed by atoms with van der Waals surface area (Å²) in [7, 11) is 0. The molecule has 1 rings (SSSR count). The van der Waals surface area contributed by atoms with Gasteiger partial charge in [-0.25, -0.2) is 0 Å². The van der Waals surface area contributed by atoms with E-state index in [-0.39, 0.29) is 0 Å². The minimum atomic E-state index is -0.762. The van der Waals surface area contributed by atoms with Crippen molar-refractivity contribution in [2.45, 2.75) is 30.8 Å². The maximum Gasteiger partial charge on any atom is 0.0935 e. The number of thioether (sulfide) groups is 1. The molecule has 1 aromatic rings. The molecule has 15 heavy (non-hydrogen) atoms. The molecule has 82 valence electrons. The van der Waals surface area contributed by atoms with E-state index >= 15 is 0 Å². The van der Waals surface area contributed by atoms with Gasteiger partial charge < -0.3 is 5.11 Å². The van der Waals surface area contributed by atoms with Crippen LogP contribution in [0.2, 0.25) is 0 Å². The summed E-state index contributed by atoms with van der Waals surface area (Å²) >= 11 is 5.01. The highest BCUT2D eigenvalue weighted by Crippen LogP contribution is 2.30. The molecule has 1 unspecified atom stereocenters. The van der Waals surface area contributed by atoms with Gasteiger partial charge in [0.15, 0.2) is 0 Å². The van der Waals surface area contributed by atoms with Crippen molar-refractivity contribution in [3.05, 3.63) is 40.2 Å². The summed E-state index contributed by atoms with van der Waals surface area (Å²) in [5, 5.41) is 11.9. The molecule has 0 aliphatic heterocycles. The van der Waals surface area contributed by atoms with Gasteiger partial charge in [0, 0.05) is 9.38 Å². The molecule has 0 fully saturated rings. The Kier molecular flexibility index (Phi) is 4.90. The van der Waals surface area contributed by atoms with E-state index in [0.29, 0.717) is 6.42 Å². The number of hydrogen-bond donors (Lipinski definition) is 1. The monoisotopic (exact) mass is 286 g/mol. The minimum absolute atomic E-state index is 0.694. The van der Waals surface area contributed by atoms with Crippen molar-refractivity contribution >= 4 is 27.7 Å². The fraction of sp³-hybridized carbons (Fsp3) is 0.333. The normalized spacial score (nSPS) is 16.1.